The number of pyridine rings is 1. The van der Waals surface area contributed by atoms with Gasteiger partial charge in [-0.25, -0.2) is 0 Å². The minimum atomic E-state index is 0.441. The molecule has 0 saturated heterocycles. The Morgan fingerprint density at radius 2 is 1.83 bits per heavy atom. The molecule has 0 N–H and O–H groups in total. The van der Waals surface area contributed by atoms with Crippen molar-refractivity contribution in [1.29, 1.82) is 0 Å². The molecule has 0 amide bonds. The summed E-state index contributed by atoms with van der Waals surface area (Å²) in [4.78, 5) is 0. The molecule has 2 rings (SSSR count). The maximum absolute atomic E-state index is 6.03. The first-order valence-corrected chi connectivity index (χ1v) is 7.43. The SMILES string of the molecule is CC.CC(C)[n+]1cccc(OC2CCCCC2)c1. The fourth-order valence-electron chi connectivity index (χ4n) is 2.24. The van der Waals surface area contributed by atoms with Gasteiger partial charge in [0, 0.05) is 6.07 Å². The van der Waals surface area contributed by atoms with Crippen LogP contribution in [-0.4, -0.2) is 6.10 Å². The third kappa shape index (κ3) is 4.67. The standard InChI is InChI=1S/C14H22NO.C2H6/c1-12(2)15-10-6-9-14(11-15)16-13-7-4-3-5-8-13;1-2/h6,9-13H,3-5,7-8H2,1-2H3;1-2H3/q+1;. The van der Waals surface area contributed by atoms with Crippen molar-refractivity contribution < 1.29 is 9.30 Å². The Labute approximate surface area is 112 Å². The Morgan fingerprint density at radius 3 is 2.44 bits per heavy atom. The molecule has 0 unspecified atom stereocenters. The van der Waals surface area contributed by atoms with Gasteiger partial charge >= 0.3 is 0 Å². The van der Waals surface area contributed by atoms with Gasteiger partial charge in [-0.15, -0.1) is 0 Å². The molecular weight excluding hydrogens is 222 g/mol. The van der Waals surface area contributed by atoms with Crippen molar-refractivity contribution in [2.75, 3.05) is 0 Å². The minimum absolute atomic E-state index is 0.441. The summed E-state index contributed by atoms with van der Waals surface area (Å²) >= 11 is 0. The van der Waals surface area contributed by atoms with E-state index in [1.54, 1.807) is 0 Å². The smallest absolute Gasteiger partial charge is 0.211 e. The highest BCUT2D eigenvalue weighted by Crippen LogP contribution is 2.22. The minimum Gasteiger partial charge on any atom is -0.484 e. The predicted molar refractivity (Wildman–Crippen MR) is 75.9 cm³/mol. The quantitative estimate of drug-likeness (QED) is 0.729. The molecule has 0 spiro atoms. The van der Waals surface area contributed by atoms with Gasteiger partial charge in [-0.3, -0.25) is 0 Å². The Kier molecular flexibility index (Phi) is 6.77. The van der Waals surface area contributed by atoms with Gasteiger partial charge in [0.1, 0.15) is 0 Å². The van der Waals surface area contributed by atoms with Crippen molar-refractivity contribution >= 4 is 0 Å². The number of rotatable bonds is 3. The van der Waals surface area contributed by atoms with Gasteiger partial charge in [0.25, 0.3) is 0 Å². The molecule has 1 heterocycles. The fraction of sp³-hybridized carbons (Fsp3) is 0.688. The highest BCUT2D eigenvalue weighted by atomic mass is 16.5. The van der Waals surface area contributed by atoms with Crippen LogP contribution in [0.4, 0.5) is 0 Å². The molecule has 0 aromatic carbocycles. The van der Waals surface area contributed by atoms with Crippen molar-refractivity contribution in [2.24, 2.45) is 0 Å². The molecule has 0 radical (unpaired) electrons. The van der Waals surface area contributed by atoms with Gasteiger partial charge < -0.3 is 4.74 Å². The maximum Gasteiger partial charge on any atom is 0.211 e. The van der Waals surface area contributed by atoms with Crippen LogP contribution >= 0.6 is 0 Å². The van der Waals surface area contributed by atoms with E-state index < -0.39 is 0 Å². The number of hydrogen-bond acceptors (Lipinski definition) is 1. The van der Waals surface area contributed by atoms with Gasteiger partial charge in [-0.1, -0.05) is 20.3 Å². The van der Waals surface area contributed by atoms with Crippen LogP contribution in [0.1, 0.15) is 65.8 Å². The summed E-state index contributed by atoms with van der Waals surface area (Å²) in [6, 6.07) is 4.63. The molecule has 0 aliphatic heterocycles. The largest absolute Gasteiger partial charge is 0.484 e. The van der Waals surface area contributed by atoms with E-state index in [-0.39, 0.29) is 0 Å². The van der Waals surface area contributed by atoms with Crippen LogP contribution in [0, 0.1) is 0 Å². The van der Waals surface area contributed by atoms with Crippen LogP contribution in [0.15, 0.2) is 24.5 Å². The second kappa shape index (κ2) is 8.12. The molecule has 0 atom stereocenters. The monoisotopic (exact) mass is 250 g/mol. The third-order valence-electron chi connectivity index (χ3n) is 3.25. The van der Waals surface area contributed by atoms with E-state index in [0.29, 0.717) is 12.1 Å². The van der Waals surface area contributed by atoms with E-state index in [1.807, 2.05) is 13.8 Å². The van der Waals surface area contributed by atoms with E-state index >= 15 is 0 Å². The second-order valence-corrected chi connectivity index (χ2v) is 4.96. The lowest BCUT2D eigenvalue weighted by Gasteiger charge is -2.22. The molecule has 102 valence electrons. The van der Waals surface area contributed by atoms with Crippen LogP contribution < -0.4 is 9.30 Å². The Bertz CT molecular complexity index is 330. The van der Waals surface area contributed by atoms with Crippen molar-refractivity contribution in [2.45, 2.75) is 71.9 Å². The van der Waals surface area contributed by atoms with Crippen LogP contribution in [0.5, 0.6) is 5.75 Å². The molecule has 0 bridgehead atoms. The number of hydrogen-bond donors (Lipinski definition) is 0. The Hall–Kier alpha value is -1.05. The molecule has 2 heteroatoms. The molecule has 1 aromatic rings. The molecular formula is C16H28NO+. The van der Waals surface area contributed by atoms with E-state index in [1.165, 1.54) is 32.1 Å². The van der Waals surface area contributed by atoms with Gasteiger partial charge in [-0.2, -0.15) is 4.57 Å². The lowest BCUT2D eigenvalue weighted by atomic mass is 9.98. The average Bonchev–Trinajstić information content (AvgIpc) is 2.42. The van der Waals surface area contributed by atoms with Crippen molar-refractivity contribution in [3.8, 4) is 5.75 Å². The molecule has 1 fully saturated rings. The van der Waals surface area contributed by atoms with Gasteiger partial charge in [-0.05, 0) is 45.6 Å². The lowest BCUT2D eigenvalue weighted by molar-refractivity contribution is -0.716. The second-order valence-electron chi connectivity index (χ2n) is 4.96. The summed E-state index contributed by atoms with van der Waals surface area (Å²) in [6.07, 6.45) is 11.1. The maximum atomic E-state index is 6.03. The van der Waals surface area contributed by atoms with E-state index in [2.05, 4.69) is 42.9 Å². The number of ether oxygens (including phenoxy) is 1. The van der Waals surface area contributed by atoms with Crippen LogP contribution in [0.3, 0.4) is 0 Å². The molecule has 1 saturated carbocycles. The molecule has 1 aromatic heterocycles. The van der Waals surface area contributed by atoms with Gasteiger partial charge in [0.2, 0.25) is 6.20 Å². The van der Waals surface area contributed by atoms with Crippen LogP contribution in [-0.2, 0) is 0 Å². The Balaban J connectivity index is 0.000000771. The summed E-state index contributed by atoms with van der Waals surface area (Å²) in [5, 5.41) is 0. The zero-order chi connectivity index (χ0) is 13.4. The lowest BCUT2D eigenvalue weighted by Crippen LogP contribution is -2.35. The summed E-state index contributed by atoms with van der Waals surface area (Å²) in [5.74, 6) is 1.02. The number of nitrogens with zero attached hydrogens (tertiary/aromatic N) is 1. The molecule has 1 aliphatic rings. The highest BCUT2D eigenvalue weighted by molar-refractivity contribution is 5.13. The van der Waals surface area contributed by atoms with Gasteiger partial charge in [0.15, 0.2) is 18.0 Å². The van der Waals surface area contributed by atoms with Crippen molar-refractivity contribution in [3.05, 3.63) is 24.5 Å². The molecule has 2 nitrogen and oxygen atoms in total. The van der Waals surface area contributed by atoms with E-state index in [9.17, 15) is 0 Å². The average molecular weight is 250 g/mol. The zero-order valence-corrected chi connectivity index (χ0v) is 12.4. The summed E-state index contributed by atoms with van der Waals surface area (Å²) in [6.45, 7) is 8.37. The van der Waals surface area contributed by atoms with Crippen molar-refractivity contribution in [3.63, 3.8) is 0 Å². The Morgan fingerprint density at radius 1 is 1.17 bits per heavy atom. The molecule has 18 heavy (non-hydrogen) atoms. The van der Waals surface area contributed by atoms with Crippen LogP contribution in [0.25, 0.3) is 0 Å². The predicted octanol–water partition coefficient (Wildman–Crippen LogP) is 4.29. The highest BCUT2D eigenvalue weighted by Gasteiger charge is 2.16. The fourth-order valence-corrected chi connectivity index (χ4v) is 2.24. The number of aromatic nitrogens is 1. The topological polar surface area (TPSA) is 13.1 Å². The zero-order valence-electron chi connectivity index (χ0n) is 12.4. The third-order valence-corrected chi connectivity index (χ3v) is 3.25. The van der Waals surface area contributed by atoms with Gasteiger partial charge in [0.05, 0.1) is 6.10 Å². The van der Waals surface area contributed by atoms with E-state index in [4.69, 9.17) is 4.74 Å². The summed E-state index contributed by atoms with van der Waals surface area (Å²) in [5.41, 5.74) is 0. The molecule has 1 aliphatic carbocycles. The first-order chi connectivity index (χ1) is 8.75. The van der Waals surface area contributed by atoms with E-state index in [0.717, 1.165) is 5.75 Å². The van der Waals surface area contributed by atoms with Crippen LogP contribution in [0.2, 0.25) is 0 Å². The normalized spacial score (nSPS) is 16.1. The summed E-state index contributed by atoms with van der Waals surface area (Å²) in [7, 11) is 0. The first kappa shape index (κ1) is 15.0. The first-order valence-electron chi connectivity index (χ1n) is 7.43. The van der Waals surface area contributed by atoms with Crippen molar-refractivity contribution in [1.82, 2.24) is 0 Å². The summed E-state index contributed by atoms with van der Waals surface area (Å²) < 4.78 is 8.22.